The largest absolute Gasteiger partial charge is 0.467 e. The summed E-state index contributed by atoms with van der Waals surface area (Å²) in [5.74, 6) is 0.688. The Morgan fingerprint density at radius 1 is 1.32 bits per heavy atom. The molecule has 1 aliphatic heterocycles. The second-order valence-electron chi connectivity index (χ2n) is 3.91. The average Bonchev–Trinajstić information content (AvgIpc) is 2.84. The third-order valence-corrected chi connectivity index (χ3v) is 2.53. The van der Waals surface area contributed by atoms with E-state index in [-0.39, 0.29) is 6.79 Å². The molecule has 7 nitrogen and oxygen atoms in total. The van der Waals surface area contributed by atoms with Gasteiger partial charge < -0.3 is 24.8 Å². The Morgan fingerprint density at radius 3 is 2.79 bits per heavy atom. The first-order valence-electron chi connectivity index (χ1n) is 5.65. The van der Waals surface area contributed by atoms with Crippen molar-refractivity contribution in [3.05, 3.63) is 18.2 Å². The van der Waals surface area contributed by atoms with E-state index in [0.29, 0.717) is 17.2 Å². The molecule has 0 radical (unpaired) electrons. The predicted octanol–water partition coefficient (Wildman–Crippen LogP) is 1.10. The van der Waals surface area contributed by atoms with E-state index < -0.39 is 18.0 Å². The molecule has 1 heterocycles. The van der Waals surface area contributed by atoms with Crippen molar-refractivity contribution in [1.29, 1.82) is 0 Å². The Balaban J connectivity index is 1.94. The van der Waals surface area contributed by atoms with Crippen LogP contribution in [0, 0.1) is 0 Å². The van der Waals surface area contributed by atoms with E-state index in [4.69, 9.17) is 9.47 Å². The minimum Gasteiger partial charge on any atom is -0.467 e. The van der Waals surface area contributed by atoms with E-state index in [1.54, 1.807) is 18.2 Å². The Labute approximate surface area is 109 Å². The molecule has 0 saturated carbocycles. The molecule has 1 aromatic rings. The zero-order chi connectivity index (χ0) is 13.8. The fraction of sp³-hybridized carbons (Fsp3) is 0.333. The molecule has 2 N–H and O–H groups in total. The number of methoxy groups -OCH3 is 1. The predicted molar refractivity (Wildman–Crippen MR) is 66.2 cm³/mol. The van der Waals surface area contributed by atoms with Crippen LogP contribution in [0.25, 0.3) is 0 Å². The van der Waals surface area contributed by atoms with Gasteiger partial charge in [-0.1, -0.05) is 0 Å². The van der Waals surface area contributed by atoms with E-state index in [1.807, 2.05) is 0 Å². The Morgan fingerprint density at radius 2 is 2.05 bits per heavy atom. The number of rotatable bonds is 3. The molecule has 0 bridgehead atoms. The number of hydrogen-bond acceptors (Lipinski definition) is 5. The fourth-order valence-electron chi connectivity index (χ4n) is 1.57. The average molecular weight is 266 g/mol. The molecule has 7 heteroatoms. The summed E-state index contributed by atoms with van der Waals surface area (Å²) in [5.41, 5.74) is 0.541. The summed E-state index contributed by atoms with van der Waals surface area (Å²) in [5, 5.41) is 5.04. The minimum absolute atomic E-state index is 0.171. The highest BCUT2D eigenvalue weighted by atomic mass is 16.7. The van der Waals surface area contributed by atoms with Gasteiger partial charge in [-0.15, -0.1) is 0 Å². The third kappa shape index (κ3) is 3.06. The van der Waals surface area contributed by atoms with Crippen molar-refractivity contribution in [1.82, 2.24) is 5.32 Å². The van der Waals surface area contributed by atoms with Crippen molar-refractivity contribution < 1.29 is 23.8 Å². The molecule has 1 aromatic carbocycles. The molecule has 102 valence electrons. The zero-order valence-electron chi connectivity index (χ0n) is 10.6. The lowest BCUT2D eigenvalue weighted by atomic mass is 10.3. The van der Waals surface area contributed by atoms with Gasteiger partial charge in [-0.3, -0.25) is 0 Å². The van der Waals surface area contributed by atoms with Crippen molar-refractivity contribution in [3.63, 3.8) is 0 Å². The molecular weight excluding hydrogens is 252 g/mol. The van der Waals surface area contributed by atoms with E-state index in [1.165, 1.54) is 14.0 Å². The van der Waals surface area contributed by atoms with Crippen LogP contribution >= 0.6 is 0 Å². The maximum atomic E-state index is 11.6. The molecule has 0 fully saturated rings. The van der Waals surface area contributed by atoms with Gasteiger partial charge in [0.25, 0.3) is 0 Å². The highest BCUT2D eigenvalue weighted by Gasteiger charge is 2.17. The van der Waals surface area contributed by atoms with Crippen LogP contribution in [0.5, 0.6) is 11.5 Å². The smallest absolute Gasteiger partial charge is 0.328 e. The number of ether oxygens (including phenoxy) is 3. The van der Waals surface area contributed by atoms with Gasteiger partial charge in [0.15, 0.2) is 11.5 Å². The lowest BCUT2D eigenvalue weighted by molar-refractivity contribution is -0.142. The molecular formula is C12H14N2O5. The van der Waals surface area contributed by atoms with Crippen molar-refractivity contribution >= 4 is 17.7 Å². The van der Waals surface area contributed by atoms with Gasteiger partial charge in [-0.05, 0) is 19.1 Å². The second kappa shape index (κ2) is 5.47. The van der Waals surface area contributed by atoms with Crippen LogP contribution in [0.4, 0.5) is 10.5 Å². The van der Waals surface area contributed by atoms with E-state index in [0.717, 1.165) is 0 Å². The highest BCUT2D eigenvalue weighted by molar-refractivity contribution is 5.92. The molecule has 0 spiro atoms. The summed E-state index contributed by atoms with van der Waals surface area (Å²) in [6, 6.07) is 3.79. The van der Waals surface area contributed by atoms with Crippen molar-refractivity contribution in [2.75, 3.05) is 19.2 Å². The van der Waals surface area contributed by atoms with Crippen LogP contribution in [0.1, 0.15) is 6.92 Å². The Hall–Kier alpha value is -2.44. The van der Waals surface area contributed by atoms with Crippen LogP contribution in [0.2, 0.25) is 0 Å². The number of anilines is 1. The lowest BCUT2D eigenvalue weighted by Gasteiger charge is -2.12. The molecule has 1 aliphatic rings. The van der Waals surface area contributed by atoms with Gasteiger partial charge in [0.05, 0.1) is 7.11 Å². The number of esters is 1. The number of amides is 2. The van der Waals surface area contributed by atoms with Gasteiger partial charge in [0, 0.05) is 11.8 Å². The Bertz CT molecular complexity index is 503. The molecule has 0 saturated heterocycles. The van der Waals surface area contributed by atoms with Gasteiger partial charge >= 0.3 is 12.0 Å². The number of fused-ring (bicyclic) bond motifs is 1. The van der Waals surface area contributed by atoms with Crippen LogP contribution < -0.4 is 20.1 Å². The van der Waals surface area contributed by atoms with Crippen LogP contribution in [-0.4, -0.2) is 31.9 Å². The number of carbonyl (C=O) groups excluding carboxylic acids is 2. The normalized spacial score (nSPS) is 13.6. The summed E-state index contributed by atoms with van der Waals surface area (Å²) in [6.45, 7) is 1.70. The molecule has 0 aromatic heterocycles. The zero-order valence-corrected chi connectivity index (χ0v) is 10.6. The molecule has 1 atom stereocenters. The van der Waals surface area contributed by atoms with Crippen LogP contribution in [0.15, 0.2) is 18.2 Å². The first-order chi connectivity index (χ1) is 9.10. The van der Waals surface area contributed by atoms with Crippen molar-refractivity contribution in [2.45, 2.75) is 13.0 Å². The molecule has 2 amide bonds. The van der Waals surface area contributed by atoms with Gasteiger partial charge in [-0.25, -0.2) is 9.59 Å². The number of benzene rings is 1. The molecule has 19 heavy (non-hydrogen) atoms. The molecule has 0 aliphatic carbocycles. The van der Waals surface area contributed by atoms with E-state index >= 15 is 0 Å². The summed E-state index contributed by atoms with van der Waals surface area (Å²) in [7, 11) is 1.26. The standard InChI is InChI=1S/C12H14N2O5/c1-7(11(15)17-2)13-12(16)14-8-3-4-9-10(5-8)19-6-18-9/h3-5,7H,6H2,1-2H3,(H2,13,14,16)/t7-/m1/s1. The van der Waals surface area contributed by atoms with Gasteiger partial charge in [0.1, 0.15) is 6.04 Å². The van der Waals surface area contributed by atoms with Crippen LogP contribution in [0.3, 0.4) is 0 Å². The van der Waals surface area contributed by atoms with Crippen molar-refractivity contribution in [3.8, 4) is 11.5 Å². The van der Waals surface area contributed by atoms with Crippen molar-refractivity contribution in [2.24, 2.45) is 0 Å². The minimum atomic E-state index is -0.723. The maximum absolute atomic E-state index is 11.6. The van der Waals surface area contributed by atoms with Gasteiger partial charge in [-0.2, -0.15) is 0 Å². The molecule has 2 rings (SSSR count). The SMILES string of the molecule is COC(=O)[C@@H](C)NC(=O)Nc1ccc2c(c1)OCO2. The first-order valence-corrected chi connectivity index (χ1v) is 5.65. The monoisotopic (exact) mass is 266 g/mol. The summed E-state index contributed by atoms with van der Waals surface area (Å²) in [4.78, 5) is 22.8. The summed E-state index contributed by atoms with van der Waals surface area (Å²) < 4.78 is 14.9. The first kappa shape index (κ1) is 13.0. The summed E-state index contributed by atoms with van der Waals surface area (Å²) >= 11 is 0. The summed E-state index contributed by atoms with van der Waals surface area (Å²) in [6.07, 6.45) is 0. The second-order valence-corrected chi connectivity index (χ2v) is 3.91. The maximum Gasteiger partial charge on any atom is 0.328 e. The number of nitrogens with one attached hydrogen (secondary N) is 2. The highest BCUT2D eigenvalue weighted by Crippen LogP contribution is 2.34. The lowest BCUT2D eigenvalue weighted by Crippen LogP contribution is -2.41. The topological polar surface area (TPSA) is 85.9 Å². The third-order valence-electron chi connectivity index (χ3n) is 2.53. The Kier molecular flexibility index (Phi) is 3.74. The fourth-order valence-corrected chi connectivity index (χ4v) is 1.57. The quantitative estimate of drug-likeness (QED) is 0.800. The molecule has 0 unspecified atom stereocenters. The van der Waals surface area contributed by atoms with E-state index in [2.05, 4.69) is 15.4 Å². The number of hydrogen-bond donors (Lipinski definition) is 2. The van der Waals surface area contributed by atoms with Crippen LogP contribution in [-0.2, 0) is 9.53 Å². The number of urea groups is 1. The van der Waals surface area contributed by atoms with Gasteiger partial charge in [0.2, 0.25) is 6.79 Å². The number of carbonyl (C=O) groups is 2. The van der Waals surface area contributed by atoms with E-state index in [9.17, 15) is 9.59 Å².